The van der Waals surface area contributed by atoms with Crippen molar-refractivity contribution in [2.45, 2.75) is 232 Å². The zero-order valence-electron chi connectivity index (χ0n) is 35.2. The third-order valence-corrected chi connectivity index (χ3v) is 10.9. The molecular formula is C44H86NO8P. The highest BCUT2D eigenvalue weighted by Gasteiger charge is 2.26. The molecular weight excluding hydrogens is 701 g/mol. The second-order valence-corrected chi connectivity index (χ2v) is 16.7. The average Bonchev–Trinajstić information content (AvgIpc) is 3.16. The number of hydrogen-bond donors (Lipinski definition) is 2. The number of rotatable bonds is 43. The van der Waals surface area contributed by atoms with Gasteiger partial charge in [0.1, 0.15) is 6.61 Å². The van der Waals surface area contributed by atoms with E-state index in [9.17, 15) is 19.0 Å². The molecule has 0 aliphatic heterocycles. The van der Waals surface area contributed by atoms with E-state index in [2.05, 4.69) is 26.0 Å². The van der Waals surface area contributed by atoms with Gasteiger partial charge in [0.15, 0.2) is 6.10 Å². The summed E-state index contributed by atoms with van der Waals surface area (Å²) in [5, 5.41) is 0. The summed E-state index contributed by atoms with van der Waals surface area (Å²) in [5.74, 6) is -0.829. The summed E-state index contributed by atoms with van der Waals surface area (Å²) in [5.41, 5.74) is 5.34. The molecule has 2 atom stereocenters. The van der Waals surface area contributed by atoms with Crippen LogP contribution in [0.4, 0.5) is 0 Å². The Morgan fingerprint density at radius 2 is 0.926 bits per heavy atom. The fraction of sp³-hybridized carbons (Fsp3) is 0.909. The number of carbonyl (C=O) groups is 2. The van der Waals surface area contributed by atoms with Crippen molar-refractivity contribution in [3.8, 4) is 0 Å². The number of carbonyl (C=O) groups excluding carboxylic acids is 2. The fourth-order valence-electron chi connectivity index (χ4n) is 6.50. The first kappa shape index (κ1) is 52.8. The molecule has 0 fully saturated rings. The van der Waals surface area contributed by atoms with Crippen LogP contribution >= 0.6 is 7.82 Å². The second-order valence-electron chi connectivity index (χ2n) is 15.3. The minimum atomic E-state index is -4.37. The van der Waals surface area contributed by atoms with E-state index in [1.807, 2.05) is 0 Å². The highest BCUT2D eigenvalue weighted by atomic mass is 31.2. The Morgan fingerprint density at radius 1 is 0.537 bits per heavy atom. The molecule has 0 aliphatic carbocycles. The highest BCUT2D eigenvalue weighted by Crippen LogP contribution is 2.43. The summed E-state index contributed by atoms with van der Waals surface area (Å²) in [4.78, 5) is 34.8. The van der Waals surface area contributed by atoms with E-state index in [-0.39, 0.29) is 38.6 Å². The van der Waals surface area contributed by atoms with E-state index in [0.29, 0.717) is 6.42 Å². The maximum Gasteiger partial charge on any atom is 0.472 e. The van der Waals surface area contributed by atoms with Gasteiger partial charge in [-0.2, -0.15) is 0 Å². The molecule has 10 heteroatoms. The molecule has 0 aromatic rings. The van der Waals surface area contributed by atoms with Crippen LogP contribution in [0.15, 0.2) is 12.2 Å². The minimum Gasteiger partial charge on any atom is -0.462 e. The molecule has 0 bridgehead atoms. The number of phosphoric ester groups is 1. The standard InChI is InChI=1S/C44H86NO8P/c1-3-5-7-9-11-13-15-16-17-18-19-20-21-22-23-24-25-27-28-30-32-34-36-43(46)50-40-42(41-52-54(48,49)51-39-38-45)53-44(47)37-35-33-31-29-26-14-12-10-8-6-4-2/h10,12,42H,3-9,11,13-41,45H2,1-2H3,(H,48,49)/b12-10+/t42-/m1/s1. The Bertz CT molecular complexity index is 902. The second kappa shape index (κ2) is 41.4. The van der Waals surface area contributed by atoms with Crippen LogP contribution < -0.4 is 5.73 Å². The van der Waals surface area contributed by atoms with Gasteiger partial charge in [-0.25, -0.2) is 4.57 Å². The lowest BCUT2D eigenvalue weighted by molar-refractivity contribution is -0.161. The van der Waals surface area contributed by atoms with Gasteiger partial charge < -0.3 is 20.1 Å². The van der Waals surface area contributed by atoms with Crippen LogP contribution in [-0.2, 0) is 32.7 Å². The molecule has 54 heavy (non-hydrogen) atoms. The van der Waals surface area contributed by atoms with Gasteiger partial charge in [-0.15, -0.1) is 0 Å². The van der Waals surface area contributed by atoms with Crippen LogP contribution in [0.3, 0.4) is 0 Å². The predicted octanol–water partition coefficient (Wildman–Crippen LogP) is 13.0. The molecule has 320 valence electrons. The lowest BCUT2D eigenvalue weighted by Gasteiger charge is -2.19. The van der Waals surface area contributed by atoms with Crippen LogP contribution in [-0.4, -0.2) is 49.3 Å². The van der Waals surface area contributed by atoms with E-state index < -0.39 is 26.5 Å². The fourth-order valence-corrected chi connectivity index (χ4v) is 7.26. The van der Waals surface area contributed by atoms with Crippen molar-refractivity contribution in [1.82, 2.24) is 0 Å². The molecule has 0 amide bonds. The Balaban J connectivity index is 3.98. The van der Waals surface area contributed by atoms with Crippen molar-refractivity contribution >= 4 is 19.8 Å². The van der Waals surface area contributed by atoms with Crippen LogP contribution in [0, 0.1) is 0 Å². The maximum absolute atomic E-state index is 12.5. The van der Waals surface area contributed by atoms with Gasteiger partial charge in [-0.1, -0.05) is 193 Å². The molecule has 0 radical (unpaired) electrons. The number of ether oxygens (including phenoxy) is 2. The average molecular weight is 788 g/mol. The van der Waals surface area contributed by atoms with E-state index in [0.717, 1.165) is 57.8 Å². The predicted molar refractivity (Wildman–Crippen MR) is 224 cm³/mol. The first-order valence-electron chi connectivity index (χ1n) is 22.7. The zero-order valence-corrected chi connectivity index (χ0v) is 36.1. The van der Waals surface area contributed by atoms with Gasteiger partial charge in [0, 0.05) is 19.4 Å². The van der Waals surface area contributed by atoms with Crippen LogP contribution in [0.2, 0.25) is 0 Å². The largest absolute Gasteiger partial charge is 0.472 e. The van der Waals surface area contributed by atoms with Gasteiger partial charge in [-0.05, 0) is 32.1 Å². The monoisotopic (exact) mass is 788 g/mol. The number of phosphoric acid groups is 1. The number of nitrogens with two attached hydrogens (primary N) is 1. The molecule has 0 saturated carbocycles. The summed E-state index contributed by atoms with van der Waals surface area (Å²) in [6.07, 6.45) is 42.6. The molecule has 0 spiro atoms. The van der Waals surface area contributed by atoms with Crippen LogP contribution in [0.5, 0.6) is 0 Å². The van der Waals surface area contributed by atoms with Gasteiger partial charge >= 0.3 is 19.8 Å². The SMILES string of the molecule is CCCC/C=C/CCCCCCCC(=O)O[C@H](COC(=O)CCCCCCCCCCCCCCCCCCCCCCCC)COP(=O)(O)OCCN. The lowest BCUT2D eigenvalue weighted by atomic mass is 10.0. The number of esters is 2. The van der Waals surface area contributed by atoms with Gasteiger partial charge in [-0.3, -0.25) is 18.6 Å². The molecule has 0 aliphatic rings. The topological polar surface area (TPSA) is 134 Å². The molecule has 1 unspecified atom stereocenters. The summed E-state index contributed by atoms with van der Waals surface area (Å²) in [6, 6.07) is 0. The number of allylic oxidation sites excluding steroid dienone is 2. The van der Waals surface area contributed by atoms with Crippen molar-refractivity contribution < 1.29 is 37.6 Å². The van der Waals surface area contributed by atoms with Crippen molar-refractivity contribution in [2.24, 2.45) is 5.73 Å². The molecule has 9 nitrogen and oxygen atoms in total. The number of hydrogen-bond acceptors (Lipinski definition) is 8. The lowest BCUT2D eigenvalue weighted by Crippen LogP contribution is -2.29. The third kappa shape index (κ3) is 40.4. The van der Waals surface area contributed by atoms with E-state index in [1.54, 1.807) is 0 Å². The van der Waals surface area contributed by atoms with Gasteiger partial charge in [0.05, 0.1) is 13.2 Å². The Morgan fingerprint density at radius 3 is 1.37 bits per heavy atom. The minimum absolute atomic E-state index is 0.0547. The summed E-state index contributed by atoms with van der Waals surface area (Å²) in [6.45, 7) is 3.71. The normalized spacial score (nSPS) is 13.3. The summed E-state index contributed by atoms with van der Waals surface area (Å²) in [7, 11) is -4.37. The van der Waals surface area contributed by atoms with Crippen molar-refractivity contribution in [1.29, 1.82) is 0 Å². The van der Waals surface area contributed by atoms with E-state index in [4.69, 9.17) is 24.3 Å². The molecule has 3 N–H and O–H groups in total. The smallest absolute Gasteiger partial charge is 0.462 e. The summed E-state index contributed by atoms with van der Waals surface area (Å²) < 4.78 is 32.7. The van der Waals surface area contributed by atoms with E-state index in [1.165, 1.54) is 135 Å². The first-order valence-corrected chi connectivity index (χ1v) is 24.2. The van der Waals surface area contributed by atoms with Gasteiger partial charge in [0.25, 0.3) is 0 Å². The molecule has 0 rings (SSSR count). The quantitative estimate of drug-likeness (QED) is 0.0268. The Labute approximate surface area is 332 Å². The molecule has 0 heterocycles. The molecule has 0 saturated heterocycles. The Hall–Kier alpha value is -1.25. The first-order chi connectivity index (χ1) is 26.3. The van der Waals surface area contributed by atoms with Crippen molar-refractivity contribution in [3.63, 3.8) is 0 Å². The van der Waals surface area contributed by atoms with Crippen molar-refractivity contribution in [2.75, 3.05) is 26.4 Å². The summed E-state index contributed by atoms with van der Waals surface area (Å²) >= 11 is 0. The van der Waals surface area contributed by atoms with E-state index >= 15 is 0 Å². The third-order valence-electron chi connectivity index (χ3n) is 9.90. The highest BCUT2D eigenvalue weighted by molar-refractivity contribution is 7.47. The Kier molecular flexibility index (Phi) is 40.4. The zero-order chi connectivity index (χ0) is 39.6. The maximum atomic E-state index is 12.5. The molecule has 0 aromatic carbocycles. The van der Waals surface area contributed by atoms with Crippen LogP contribution in [0.1, 0.15) is 226 Å². The molecule has 0 aromatic heterocycles. The number of unbranched alkanes of at least 4 members (excludes halogenated alkanes) is 28. The van der Waals surface area contributed by atoms with Crippen LogP contribution in [0.25, 0.3) is 0 Å². The van der Waals surface area contributed by atoms with Gasteiger partial charge in [0.2, 0.25) is 0 Å². The van der Waals surface area contributed by atoms with Crippen molar-refractivity contribution in [3.05, 3.63) is 12.2 Å².